The van der Waals surface area contributed by atoms with Gasteiger partial charge in [0.2, 0.25) is 11.8 Å². The number of hydrogen-bond acceptors (Lipinski definition) is 9. The molecule has 1 amide bonds. The van der Waals surface area contributed by atoms with Crippen LogP contribution < -0.4 is 16.0 Å². The Morgan fingerprint density at radius 1 is 1.22 bits per heavy atom. The van der Waals surface area contributed by atoms with Crippen molar-refractivity contribution in [3.05, 3.63) is 36.0 Å². The number of nitrogens with zero attached hydrogens (tertiary/aromatic N) is 6. The number of nitrogens with one attached hydrogen (secondary N) is 1. The van der Waals surface area contributed by atoms with E-state index in [2.05, 4.69) is 25.4 Å². The molecule has 10 nitrogen and oxygen atoms in total. The standard InChI is InChI=1S/C22H26N8O2.2H2/c1-3-18(31)30-12-15-8-16(30)11-29(15)17-10-25-20(23)19(26-17)22-28-27-21(32-22)14-6-4-13(5-7-14)9-24-2;;/h4-7,10,15-16,24H,3,8-9,11-12H2,1-2H3,(H2,23,25);2*1H/t15-,16+;;/m1../s1. The first-order valence-electron chi connectivity index (χ1n) is 10.8. The number of nitrogen functional groups attached to an aromatic ring is 1. The maximum absolute atomic E-state index is 12.1. The topological polar surface area (TPSA) is 126 Å². The van der Waals surface area contributed by atoms with Gasteiger partial charge in [0, 0.05) is 34.5 Å². The van der Waals surface area contributed by atoms with E-state index in [4.69, 9.17) is 15.1 Å². The summed E-state index contributed by atoms with van der Waals surface area (Å²) in [5.41, 5.74) is 8.46. The fraction of sp³-hybridized carbons (Fsp3) is 0.409. The van der Waals surface area contributed by atoms with Crippen molar-refractivity contribution in [2.45, 2.75) is 38.4 Å². The molecule has 0 saturated carbocycles. The molecule has 10 heteroatoms. The van der Waals surface area contributed by atoms with E-state index in [1.807, 2.05) is 43.1 Å². The fourth-order valence-electron chi connectivity index (χ4n) is 4.55. The third-order valence-electron chi connectivity index (χ3n) is 6.16. The lowest BCUT2D eigenvalue weighted by atomic mass is 10.1. The predicted octanol–water partition coefficient (Wildman–Crippen LogP) is 2.19. The maximum atomic E-state index is 12.1. The number of piperazine rings is 1. The summed E-state index contributed by atoms with van der Waals surface area (Å²) >= 11 is 0. The van der Waals surface area contributed by atoms with Crippen LogP contribution in [0.3, 0.4) is 0 Å². The second-order valence-electron chi connectivity index (χ2n) is 8.20. The van der Waals surface area contributed by atoms with Crippen molar-refractivity contribution in [2.24, 2.45) is 0 Å². The molecule has 3 aromatic rings. The summed E-state index contributed by atoms with van der Waals surface area (Å²) in [6, 6.07) is 8.37. The van der Waals surface area contributed by atoms with Gasteiger partial charge in [0.25, 0.3) is 5.89 Å². The molecule has 170 valence electrons. The first-order chi connectivity index (χ1) is 15.6. The summed E-state index contributed by atoms with van der Waals surface area (Å²) in [6.07, 6.45) is 3.15. The number of benzene rings is 1. The molecule has 2 atom stereocenters. The molecule has 0 radical (unpaired) electrons. The second kappa shape index (κ2) is 8.19. The fourth-order valence-corrected chi connectivity index (χ4v) is 4.55. The molecule has 4 heterocycles. The van der Waals surface area contributed by atoms with Gasteiger partial charge in [-0.15, -0.1) is 10.2 Å². The molecule has 3 N–H and O–H groups in total. The second-order valence-corrected chi connectivity index (χ2v) is 8.20. The van der Waals surface area contributed by atoms with Gasteiger partial charge in [-0.3, -0.25) is 4.79 Å². The SMILES string of the molecule is CCC(=O)N1C[C@H]2C[C@H]1CN2c1cnc(N)c(-c2nnc(-c3ccc(CNC)cc3)o2)n1.[HH].[HH]. The van der Waals surface area contributed by atoms with Crippen LogP contribution in [0.4, 0.5) is 11.6 Å². The monoisotopic (exact) mass is 438 g/mol. The van der Waals surface area contributed by atoms with Crippen molar-refractivity contribution in [1.29, 1.82) is 0 Å². The lowest BCUT2D eigenvalue weighted by molar-refractivity contribution is -0.131. The Morgan fingerprint density at radius 2 is 2.00 bits per heavy atom. The number of fused-ring (bicyclic) bond motifs is 2. The van der Waals surface area contributed by atoms with Crippen molar-refractivity contribution in [2.75, 3.05) is 30.8 Å². The Bertz CT molecular complexity index is 1140. The van der Waals surface area contributed by atoms with Gasteiger partial charge in [-0.25, -0.2) is 9.97 Å². The molecule has 2 aromatic heterocycles. The summed E-state index contributed by atoms with van der Waals surface area (Å²) in [4.78, 5) is 25.3. The van der Waals surface area contributed by atoms with Gasteiger partial charge in [0.1, 0.15) is 5.82 Å². The quantitative estimate of drug-likeness (QED) is 0.595. The Kier molecular flexibility index (Phi) is 5.22. The first-order valence-corrected chi connectivity index (χ1v) is 10.8. The minimum Gasteiger partial charge on any atom is -0.414 e. The third kappa shape index (κ3) is 3.56. The highest BCUT2D eigenvalue weighted by molar-refractivity contribution is 5.77. The minimum atomic E-state index is 0. The van der Waals surface area contributed by atoms with Crippen LogP contribution in [0.2, 0.25) is 0 Å². The smallest absolute Gasteiger partial charge is 0.270 e. The van der Waals surface area contributed by atoms with Crippen molar-refractivity contribution in [3.8, 4) is 23.0 Å². The molecular weight excluding hydrogens is 408 g/mol. The van der Waals surface area contributed by atoms with Gasteiger partial charge in [-0.1, -0.05) is 19.1 Å². The highest BCUT2D eigenvalue weighted by Gasteiger charge is 2.45. The van der Waals surface area contributed by atoms with Crippen molar-refractivity contribution < 1.29 is 12.1 Å². The lowest BCUT2D eigenvalue weighted by Crippen LogP contribution is -2.49. The Morgan fingerprint density at radius 3 is 2.69 bits per heavy atom. The summed E-state index contributed by atoms with van der Waals surface area (Å²) in [5, 5.41) is 11.5. The van der Waals surface area contributed by atoms with Crippen LogP contribution in [-0.4, -0.2) is 63.2 Å². The highest BCUT2D eigenvalue weighted by atomic mass is 16.4. The molecule has 2 fully saturated rings. The summed E-state index contributed by atoms with van der Waals surface area (Å²) in [5.74, 6) is 1.79. The van der Waals surface area contributed by atoms with E-state index in [1.54, 1.807) is 6.20 Å². The molecule has 2 saturated heterocycles. The van der Waals surface area contributed by atoms with Crippen molar-refractivity contribution in [3.63, 3.8) is 0 Å². The predicted molar refractivity (Wildman–Crippen MR) is 124 cm³/mol. The Balaban J connectivity index is 0.00000162. The largest absolute Gasteiger partial charge is 0.414 e. The Hall–Kier alpha value is -3.53. The zero-order valence-corrected chi connectivity index (χ0v) is 18.2. The molecule has 2 bridgehead atoms. The molecule has 1 aromatic carbocycles. The van der Waals surface area contributed by atoms with Crippen LogP contribution in [-0.2, 0) is 11.3 Å². The molecule has 2 aliphatic rings. The normalized spacial score (nSPS) is 19.7. The molecular formula is C22H30N8O2. The number of aromatic nitrogens is 4. The van der Waals surface area contributed by atoms with Crippen LogP contribution in [0.15, 0.2) is 34.9 Å². The maximum Gasteiger partial charge on any atom is 0.270 e. The molecule has 5 rings (SSSR count). The average Bonchev–Trinajstić information content (AvgIpc) is 3.56. The van der Waals surface area contributed by atoms with Crippen LogP contribution >= 0.6 is 0 Å². The van der Waals surface area contributed by atoms with Crippen LogP contribution in [0.5, 0.6) is 0 Å². The van der Waals surface area contributed by atoms with Crippen LogP contribution in [0, 0.1) is 0 Å². The molecule has 0 spiro atoms. The zero-order valence-electron chi connectivity index (χ0n) is 18.2. The average molecular weight is 439 g/mol. The van der Waals surface area contributed by atoms with E-state index in [1.165, 1.54) is 0 Å². The molecule has 0 unspecified atom stereocenters. The van der Waals surface area contributed by atoms with Crippen molar-refractivity contribution >= 4 is 17.5 Å². The Labute approximate surface area is 188 Å². The summed E-state index contributed by atoms with van der Waals surface area (Å²) in [7, 11) is 1.91. The number of likely N-dealkylation sites (tertiary alicyclic amines) is 1. The number of rotatable bonds is 6. The van der Waals surface area contributed by atoms with Gasteiger partial charge < -0.3 is 25.3 Å². The lowest BCUT2D eigenvalue weighted by Gasteiger charge is -2.34. The highest BCUT2D eigenvalue weighted by Crippen LogP contribution is 2.35. The van der Waals surface area contributed by atoms with Gasteiger partial charge in [0.15, 0.2) is 11.5 Å². The molecule has 2 aliphatic heterocycles. The number of carbonyl (C=O) groups is 1. The van der Waals surface area contributed by atoms with Gasteiger partial charge in [-0.2, -0.15) is 0 Å². The van der Waals surface area contributed by atoms with Gasteiger partial charge in [0.05, 0.1) is 18.3 Å². The zero-order chi connectivity index (χ0) is 22.2. The van der Waals surface area contributed by atoms with E-state index in [0.29, 0.717) is 30.4 Å². The van der Waals surface area contributed by atoms with Gasteiger partial charge in [-0.05, 0) is 31.2 Å². The minimum absolute atomic E-state index is 0. The number of nitrogens with two attached hydrogens (primary N) is 1. The van der Waals surface area contributed by atoms with E-state index in [-0.39, 0.29) is 32.6 Å². The van der Waals surface area contributed by atoms with E-state index in [0.717, 1.165) is 30.6 Å². The summed E-state index contributed by atoms with van der Waals surface area (Å²) < 4.78 is 5.89. The van der Waals surface area contributed by atoms with E-state index in [9.17, 15) is 4.79 Å². The first kappa shape index (κ1) is 20.4. The number of amides is 1. The third-order valence-corrected chi connectivity index (χ3v) is 6.16. The molecule has 32 heavy (non-hydrogen) atoms. The van der Waals surface area contributed by atoms with E-state index >= 15 is 0 Å². The van der Waals surface area contributed by atoms with Crippen molar-refractivity contribution in [1.82, 2.24) is 30.4 Å². The summed E-state index contributed by atoms with van der Waals surface area (Å²) in [6.45, 7) is 4.14. The van der Waals surface area contributed by atoms with E-state index < -0.39 is 0 Å². The molecule has 0 aliphatic carbocycles. The van der Waals surface area contributed by atoms with Gasteiger partial charge >= 0.3 is 0 Å². The van der Waals surface area contributed by atoms with Crippen LogP contribution in [0.1, 0.15) is 28.2 Å². The number of anilines is 2. The van der Waals surface area contributed by atoms with Crippen LogP contribution in [0.25, 0.3) is 23.0 Å². The number of carbonyl (C=O) groups excluding carboxylic acids is 1. The number of hydrogen-bond donors (Lipinski definition) is 2.